The Kier molecular flexibility index (Phi) is 3.36. The minimum absolute atomic E-state index is 0.0765. The number of aromatic nitrogens is 1. The summed E-state index contributed by atoms with van der Waals surface area (Å²) in [6, 6.07) is 13.5. The normalized spacial score (nSPS) is 11.2. The average Bonchev–Trinajstić information content (AvgIpc) is 2.88. The van der Waals surface area contributed by atoms with Gasteiger partial charge in [0.25, 0.3) is 0 Å². The van der Waals surface area contributed by atoms with E-state index in [9.17, 15) is 5.11 Å². The summed E-state index contributed by atoms with van der Waals surface area (Å²) in [6.07, 6.45) is 1.79. The fraction of sp³-hybridized carbons (Fsp3) is 0.0556. The molecule has 0 atom stereocenters. The van der Waals surface area contributed by atoms with Crippen LogP contribution < -0.4 is 5.32 Å². The molecule has 0 aliphatic carbocycles. The number of pyridine rings is 1. The molecule has 5 heteroatoms. The first-order valence-corrected chi connectivity index (χ1v) is 8.34. The summed E-state index contributed by atoms with van der Waals surface area (Å²) in [7, 11) is 0. The highest BCUT2D eigenvalue weighted by Gasteiger charge is 2.07. The van der Waals surface area contributed by atoms with E-state index in [1.165, 1.54) is 15.0 Å². The van der Waals surface area contributed by atoms with Crippen molar-refractivity contribution < 1.29 is 5.11 Å². The number of benzene rings is 2. The topological polar surface area (TPSA) is 45.2 Å². The lowest BCUT2D eigenvalue weighted by Crippen LogP contribution is -1.92. The third kappa shape index (κ3) is 2.60. The van der Waals surface area contributed by atoms with Gasteiger partial charge in [0.2, 0.25) is 0 Å². The lowest BCUT2D eigenvalue weighted by molar-refractivity contribution is 0.475. The van der Waals surface area contributed by atoms with E-state index in [4.69, 9.17) is 11.6 Å². The molecule has 0 aliphatic heterocycles. The zero-order valence-electron chi connectivity index (χ0n) is 12.3. The Morgan fingerprint density at radius 3 is 2.83 bits per heavy atom. The first kappa shape index (κ1) is 14.3. The van der Waals surface area contributed by atoms with Gasteiger partial charge in [-0.05, 0) is 54.8 Å². The molecule has 0 aliphatic rings. The number of anilines is 2. The van der Waals surface area contributed by atoms with Crippen LogP contribution in [0.3, 0.4) is 0 Å². The number of rotatable bonds is 2. The molecule has 0 bridgehead atoms. The molecule has 0 fully saturated rings. The average molecular weight is 341 g/mol. The van der Waals surface area contributed by atoms with Crippen LogP contribution in [-0.2, 0) is 0 Å². The number of phenols is 1. The van der Waals surface area contributed by atoms with E-state index in [1.807, 2.05) is 6.07 Å². The first-order valence-electron chi connectivity index (χ1n) is 7.14. The Balaban J connectivity index is 1.85. The Morgan fingerprint density at radius 2 is 2.00 bits per heavy atom. The Morgan fingerprint density at radius 1 is 1.13 bits per heavy atom. The Bertz CT molecular complexity index is 1040. The van der Waals surface area contributed by atoms with Crippen molar-refractivity contribution >= 4 is 55.3 Å². The van der Waals surface area contributed by atoms with Crippen LogP contribution in [0.15, 0.2) is 48.7 Å². The van der Waals surface area contributed by atoms with Crippen molar-refractivity contribution in [1.82, 2.24) is 4.98 Å². The summed E-state index contributed by atoms with van der Waals surface area (Å²) in [4.78, 5) is 5.76. The molecule has 0 amide bonds. The minimum Gasteiger partial charge on any atom is -0.506 e. The van der Waals surface area contributed by atoms with Crippen molar-refractivity contribution in [2.75, 3.05) is 5.32 Å². The molecule has 0 spiro atoms. The summed E-state index contributed by atoms with van der Waals surface area (Å²) in [5.74, 6) is 0.0765. The second-order valence-corrected chi connectivity index (χ2v) is 7.11. The van der Waals surface area contributed by atoms with Crippen LogP contribution >= 0.6 is 22.9 Å². The monoisotopic (exact) mass is 340 g/mol. The molecule has 0 saturated heterocycles. The van der Waals surface area contributed by atoms with E-state index in [0.717, 1.165) is 22.3 Å². The number of aryl methyl sites for hydroxylation is 1. The summed E-state index contributed by atoms with van der Waals surface area (Å²) < 4.78 is 1.25. The fourth-order valence-electron chi connectivity index (χ4n) is 2.66. The van der Waals surface area contributed by atoms with Crippen molar-refractivity contribution in [3.05, 3.63) is 58.6 Å². The van der Waals surface area contributed by atoms with Gasteiger partial charge in [0.1, 0.15) is 5.75 Å². The molecule has 3 nitrogen and oxygen atoms in total. The van der Waals surface area contributed by atoms with Gasteiger partial charge in [-0.2, -0.15) is 0 Å². The molecule has 0 radical (unpaired) electrons. The number of thiophene rings is 1. The summed E-state index contributed by atoms with van der Waals surface area (Å²) in [6.45, 7) is 2.11. The van der Waals surface area contributed by atoms with Gasteiger partial charge in [0.15, 0.2) is 0 Å². The molecule has 2 heterocycles. The van der Waals surface area contributed by atoms with E-state index in [-0.39, 0.29) is 5.75 Å². The van der Waals surface area contributed by atoms with Crippen LogP contribution in [0, 0.1) is 6.92 Å². The van der Waals surface area contributed by atoms with Crippen LogP contribution in [0.5, 0.6) is 5.75 Å². The molecule has 2 aromatic heterocycles. The molecule has 114 valence electrons. The maximum atomic E-state index is 9.53. The van der Waals surface area contributed by atoms with Crippen LogP contribution in [0.4, 0.5) is 11.4 Å². The third-order valence-corrected chi connectivity index (χ3v) is 5.05. The maximum Gasteiger partial charge on any atom is 0.134 e. The van der Waals surface area contributed by atoms with E-state index in [2.05, 4.69) is 35.4 Å². The number of hydrogen-bond acceptors (Lipinski definition) is 4. The Hall–Kier alpha value is -2.30. The number of phenolic OH excluding ortho intramolecular Hbond substituents is 1. The van der Waals surface area contributed by atoms with E-state index < -0.39 is 0 Å². The van der Waals surface area contributed by atoms with Gasteiger partial charge in [-0.1, -0.05) is 11.6 Å². The number of hydrogen-bond donors (Lipinski definition) is 2. The summed E-state index contributed by atoms with van der Waals surface area (Å²) in [5, 5.41) is 15.5. The van der Waals surface area contributed by atoms with Gasteiger partial charge in [0.05, 0.1) is 10.5 Å². The smallest absolute Gasteiger partial charge is 0.134 e. The van der Waals surface area contributed by atoms with Gasteiger partial charge >= 0.3 is 0 Å². The van der Waals surface area contributed by atoms with Gasteiger partial charge in [-0.25, -0.2) is 0 Å². The van der Waals surface area contributed by atoms with Gasteiger partial charge in [-0.3, -0.25) is 4.98 Å². The quantitative estimate of drug-likeness (QED) is 0.449. The highest BCUT2D eigenvalue weighted by molar-refractivity contribution is 7.19. The Labute approximate surface area is 142 Å². The molecule has 2 aromatic carbocycles. The van der Waals surface area contributed by atoms with Crippen LogP contribution in [-0.4, -0.2) is 10.1 Å². The van der Waals surface area contributed by atoms with E-state index in [0.29, 0.717) is 5.02 Å². The zero-order valence-corrected chi connectivity index (χ0v) is 13.9. The number of nitrogens with one attached hydrogen (secondary N) is 1. The van der Waals surface area contributed by atoms with Crippen molar-refractivity contribution in [2.45, 2.75) is 6.92 Å². The maximum absolute atomic E-state index is 9.53. The predicted octanol–water partition coefficient (Wildman–Crippen LogP) is 5.86. The van der Waals surface area contributed by atoms with Crippen molar-refractivity contribution in [2.24, 2.45) is 0 Å². The molecular weight excluding hydrogens is 328 g/mol. The summed E-state index contributed by atoms with van der Waals surface area (Å²) >= 11 is 7.76. The number of fused-ring (bicyclic) bond motifs is 2. The molecule has 23 heavy (non-hydrogen) atoms. The fourth-order valence-corrected chi connectivity index (χ4v) is 3.79. The number of halogens is 1. The van der Waals surface area contributed by atoms with E-state index >= 15 is 0 Å². The SMILES string of the molecule is Cc1cc2cc3nccc(Nc4ccc(O)c(Cl)c4)c3cc2s1. The van der Waals surface area contributed by atoms with Crippen LogP contribution in [0.25, 0.3) is 21.0 Å². The third-order valence-electron chi connectivity index (χ3n) is 3.73. The largest absolute Gasteiger partial charge is 0.506 e. The second-order valence-electron chi connectivity index (χ2n) is 5.41. The first-order chi connectivity index (χ1) is 11.1. The molecular formula is C18H13ClN2OS. The highest BCUT2D eigenvalue weighted by Crippen LogP contribution is 2.34. The number of nitrogens with zero attached hydrogens (tertiary/aromatic N) is 1. The number of aromatic hydroxyl groups is 1. The minimum atomic E-state index is 0.0765. The zero-order chi connectivity index (χ0) is 16.0. The summed E-state index contributed by atoms with van der Waals surface area (Å²) in [5.41, 5.74) is 2.73. The highest BCUT2D eigenvalue weighted by atomic mass is 35.5. The van der Waals surface area contributed by atoms with Gasteiger partial charge in [0, 0.05) is 32.5 Å². The molecule has 0 saturated carbocycles. The second kappa shape index (κ2) is 5.41. The molecule has 4 aromatic rings. The van der Waals surface area contributed by atoms with Crippen LogP contribution in [0.2, 0.25) is 5.02 Å². The van der Waals surface area contributed by atoms with Crippen molar-refractivity contribution in [3.63, 3.8) is 0 Å². The van der Waals surface area contributed by atoms with E-state index in [1.54, 1.807) is 35.7 Å². The molecule has 4 rings (SSSR count). The van der Waals surface area contributed by atoms with Crippen molar-refractivity contribution in [1.29, 1.82) is 0 Å². The predicted molar refractivity (Wildman–Crippen MR) is 98.3 cm³/mol. The molecule has 0 unspecified atom stereocenters. The van der Waals surface area contributed by atoms with Crippen molar-refractivity contribution in [3.8, 4) is 5.75 Å². The lowest BCUT2D eigenvalue weighted by Gasteiger charge is -2.10. The molecule has 2 N–H and O–H groups in total. The van der Waals surface area contributed by atoms with Gasteiger partial charge < -0.3 is 10.4 Å². The lowest BCUT2D eigenvalue weighted by atomic mass is 10.1. The standard InChI is InChI=1S/C18H13ClN2OS/c1-10-6-11-7-16-13(9-18(11)23-10)15(4-5-20-16)21-12-2-3-17(22)14(19)8-12/h2-9,22H,1H3,(H,20,21). The van der Waals surface area contributed by atoms with Crippen LogP contribution in [0.1, 0.15) is 4.88 Å². The van der Waals surface area contributed by atoms with Gasteiger partial charge in [-0.15, -0.1) is 11.3 Å².